The van der Waals surface area contributed by atoms with E-state index in [0.717, 1.165) is 17.9 Å². The van der Waals surface area contributed by atoms with Gasteiger partial charge in [-0.05, 0) is 25.3 Å². The van der Waals surface area contributed by atoms with E-state index in [1.165, 1.54) is 6.26 Å². The van der Waals surface area contributed by atoms with Crippen LogP contribution in [0.2, 0.25) is 0 Å². The van der Waals surface area contributed by atoms with Crippen LogP contribution in [0.15, 0.2) is 42.2 Å². The molecule has 2 heterocycles. The van der Waals surface area contributed by atoms with Crippen molar-refractivity contribution < 1.29 is 14.6 Å². The van der Waals surface area contributed by atoms with Crippen LogP contribution in [0, 0.1) is 0 Å². The maximum Gasteiger partial charge on any atom is 0.254 e. The van der Waals surface area contributed by atoms with Crippen molar-refractivity contribution in [1.29, 1.82) is 0 Å². The summed E-state index contributed by atoms with van der Waals surface area (Å²) in [6.45, 7) is 2.31. The average molecular weight is 300 g/mol. The molecule has 3 rings (SSSR count). The number of rotatable bonds is 1. The molecule has 5 heteroatoms. The molecule has 0 spiro atoms. The van der Waals surface area contributed by atoms with Crippen molar-refractivity contribution in [3.05, 3.63) is 47.7 Å². The number of β-amino-alcohol motifs (C(OH)–C–C–N with tert-alkyl or cyclic N) is 1. The van der Waals surface area contributed by atoms with Gasteiger partial charge < -0.3 is 19.6 Å². The van der Waals surface area contributed by atoms with E-state index in [1.807, 2.05) is 42.3 Å². The fourth-order valence-electron chi connectivity index (χ4n) is 2.75. The molecule has 1 aromatic rings. The van der Waals surface area contributed by atoms with Crippen molar-refractivity contribution in [1.82, 2.24) is 9.80 Å². The Balaban J connectivity index is 1.84. The van der Waals surface area contributed by atoms with Crippen LogP contribution in [0.3, 0.4) is 0 Å². The quantitative estimate of drug-likeness (QED) is 0.844. The third kappa shape index (κ3) is 3.21. The van der Waals surface area contributed by atoms with Crippen molar-refractivity contribution >= 4 is 12.0 Å². The van der Waals surface area contributed by atoms with Gasteiger partial charge in [-0.15, -0.1) is 0 Å². The van der Waals surface area contributed by atoms with E-state index in [2.05, 4.69) is 0 Å². The van der Waals surface area contributed by atoms with Crippen LogP contribution in [0.4, 0.5) is 0 Å². The topological polar surface area (TPSA) is 53.0 Å². The Morgan fingerprint density at radius 3 is 2.95 bits per heavy atom. The minimum absolute atomic E-state index is 0.0779. The molecule has 1 fully saturated rings. The summed E-state index contributed by atoms with van der Waals surface area (Å²) < 4.78 is 5.52. The summed E-state index contributed by atoms with van der Waals surface area (Å²) in [5.74, 6) is 0.656. The molecule has 22 heavy (non-hydrogen) atoms. The molecule has 0 aromatic heterocycles. The third-order valence-electron chi connectivity index (χ3n) is 3.91. The number of hydrogen-bond donors (Lipinski definition) is 1. The molecular weight excluding hydrogens is 280 g/mol. The van der Waals surface area contributed by atoms with E-state index >= 15 is 0 Å². The molecule has 1 atom stereocenters. The maximum absolute atomic E-state index is 12.7. The smallest absolute Gasteiger partial charge is 0.254 e. The Kier molecular flexibility index (Phi) is 4.27. The second-order valence-corrected chi connectivity index (χ2v) is 5.73. The monoisotopic (exact) mass is 300 g/mol. The summed E-state index contributed by atoms with van der Waals surface area (Å²) >= 11 is 0. The van der Waals surface area contributed by atoms with Gasteiger partial charge in [0, 0.05) is 37.3 Å². The maximum atomic E-state index is 12.7. The van der Waals surface area contributed by atoms with Crippen LogP contribution < -0.4 is 4.74 Å². The summed E-state index contributed by atoms with van der Waals surface area (Å²) in [6, 6.07) is 7.60. The van der Waals surface area contributed by atoms with E-state index in [9.17, 15) is 9.90 Å². The first-order valence-corrected chi connectivity index (χ1v) is 7.43. The Bertz CT molecular complexity index is 624. The molecule has 0 saturated carbocycles. The third-order valence-corrected chi connectivity index (χ3v) is 3.91. The highest BCUT2D eigenvalue weighted by Crippen LogP contribution is 2.25. The molecular formula is C17H20N2O3. The van der Waals surface area contributed by atoms with Gasteiger partial charge in [0.2, 0.25) is 0 Å². The number of hydrogen-bond acceptors (Lipinski definition) is 4. The largest absolute Gasteiger partial charge is 0.464 e. The predicted molar refractivity (Wildman–Crippen MR) is 84.3 cm³/mol. The van der Waals surface area contributed by atoms with Gasteiger partial charge in [-0.25, -0.2) is 0 Å². The fraction of sp³-hybridized carbons (Fsp3) is 0.353. The normalized spacial score (nSPS) is 22.2. The number of para-hydroxylation sites is 1. The van der Waals surface area contributed by atoms with Crippen LogP contribution in [0.5, 0.6) is 5.75 Å². The number of ether oxygens (including phenoxy) is 1. The second-order valence-electron chi connectivity index (χ2n) is 5.73. The number of carbonyl (C=O) groups excluding carboxylic acids is 1. The van der Waals surface area contributed by atoms with E-state index in [1.54, 1.807) is 11.0 Å². The number of benzene rings is 1. The van der Waals surface area contributed by atoms with Gasteiger partial charge in [-0.3, -0.25) is 4.79 Å². The Labute approximate surface area is 130 Å². The van der Waals surface area contributed by atoms with Crippen molar-refractivity contribution in [2.75, 3.05) is 33.2 Å². The number of likely N-dealkylation sites (N-methyl/N-ethyl adjacent to an activating group) is 1. The summed E-state index contributed by atoms with van der Waals surface area (Å²) in [5, 5.41) is 9.99. The van der Waals surface area contributed by atoms with Crippen molar-refractivity contribution in [2.24, 2.45) is 0 Å². The van der Waals surface area contributed by atoms with Crippen LogP contribution >= 0.6 is 0 Å². The van der Waals surface area contributed by atoms with Crippen LogP contribution in [-0.4, -0.2) is 60.1 Å². The van der Waals surface area contributed by atoms with Crippen LogP contribution in [0.25, 0.3) is 6.08 Å². The molecule has 2 aliphatic heterocycles. The molecule has 1 N–H and O–H groups in total. The molecule has 1 saturated heterocycles. The fourth-order valence-corrected chi connectivity index (χ4v) is 2.75. The Morgan fingerprint density at radius 2 is 2.09 bits per heavy atom. The van der Waals surface area contributed by atoms with Gasteiger partial charge in [0.15, 0.2) is 0 Å². The number of aliphatic hydroxyl groups excluding tert-OH is 1. The van der Waals surface area contributed by atoms with Gasteiger partial charge >= 0.3 is 0 Å². The molecule has 116 valence electrons. The lowest BCUT2D eigenvalue weighted by Crippen LogP contribution is -2.38. The number of fused-ring (bicyclic) bond motifs is 1. The summed E-state index contributed by atoms with van der Waals surface area (Å²) in [7, 11) is 1.95. The molecule has 0 bridgehead atoms. The molecule has 1 unspecified atom stereocenters. The van der Waals surface area contributed by atoms with Gasteiger partial charge in [0.1, 0.15) is 5.75 Å². The minimum Gasteiger partial charge on any atom is -0.464 e. The average Bonchev–Trinajstić information content (AvgIpc) is 2.81. The number of amides is 1. The van der Waals surface area contributed by atoms with E-state index in [4.69, 9.17) is 4.74 Å². The highest BCUT2D eigenvalue weighted by atomic mass is 16.5. The molecule has 5 nitrogen and oxygen atoms in total. The van der Waals surface area contributed by atoms with E-state index < -0.39 is 6.10 Å². The molecule has 1 aromatic carbocycles. The second kappa shape index (κ2) is 6.34. The van der Waals surface area contributed by atoms with Gasteiger partial charge in [-0.1, -0.05) is 18.2 Å². The zero-order chi connectivity index (χ0) is 15.5. The number of aliphatic hydroxyl groups is 1. The first-order chi connectivity index (χ1) is 10.6. The number of carbonyl (C=O) groups is 1. The lowest BCUT2D eigenvalue weighted by Gasteiger charge is -2.22. The van der Waals surface area contributed by atoms with Gasteiger partial charge in [-0.2, -0.15) is 0 Å². The summed E-state index contributed by atoms with van der Waals surface area (Å²) in [6.07, 6.45) is 4.54. The zero-order valence-corrected chi connectivity index (χ0v) is 12.6. The van der Waals surface area contributed by atoms with E-state index in [0.29, 0.717) is 25.2 Å². The lowest BCUT2D eigenvalue weighted by molar-refractivity contribution is -0.127. The minimum atomic E-state index is -0.518. The first-order valence-electron chi connectivity index (χ1n) is 7.43. The lowest BCUT2D eigenvalue weighted by atomic mass is 10.1. The van der Waals surface area contributed by atoms with Gasteiger partial charge in [0.05, 0.1) is 12.4 Å². The standard InChI is InChI=1S/C17H20N2O3/c1-18-7-8-19(12-15(20)11-18)17(21)14-6-9-22-16-5-3-2-4-13(16)10-14/h2-6,9-10,15,20H,7-8,11-12H2,1H3. The molecule has 0 radical (unpaired) electrons. The predicted octanol–water partition coefficient (Wildman–Crippen LogP) is 1.11. The first kappa shape index (κ1) is 14.8. The molecule has 1 amide bonds. The van der Waals surface area contributed by atoms with Crippen LogP contribution in [-0.2, 0) is 4.79 Å². The van der Waals surface area contributed by atoms with Crippen molar-refractivity contribution in [2.45, 2.75) is 6.10 Å². The van der Waals surface area contributed by atoms with Crippen molar-refractivity contribution in [3.8, 4) is 5.75 Å². The zero-order valence-electron chi connectivity index (χ0n) is 12.6. The summed E-state index contributed by atoms with van der Waals surface area (Å²) in [4.78, 5) is 16.5. The van der Waals surface area contributed by atoms with Crippen molar-refractivity contribution in [3.63, 3.8) is 0 Å². The Hall–Kier alpha value is -2.11. The molecule has 0 aliphatic carbocycles. The van der Waals surface area contributed by atoms with Crippen LogP contribution in [0.1, 0.15) is 5.56 Å². The highest BCUT2D eigenvalue weighted by Gasteiger charge is 2.24. The number of nitrogens with zero attached hydrogens (tertiary/aromatic N) is 2. The highest BCUT2D eigenvalue weighted by molar-refractivity contribution is 6.01. The van der Waals surface area contributed by atoms with E-state index in [-0.39, 0.29) is 5.91 Å². The Morgan fingerprint density at radius 1 is 1.27 bits per heavy atom. The van der Waals surface area contributed by atoms with Gasteiger partial charge in [0.25, 0.3) is 5.91 Å². The summed E-state index contributed by atoms with van der Waals surface area (Å²) in [5.41, 5.74) is 1.45. The molecule has 2 aliphatic rings. The SMILES string of the molecule is CN1CCN(C(=O)C2=Cc3ccccc3OC=C2)CC(O)C1.